The molecule has 0 amide bonds. The van der Waals surface area contributed by atoms with E-state index in [1.54, 1.807) is 0 Å². The van der Waals surface area contributed by atoms with Crippen LogP contribution < -0.4 is 0 Å². The number of aryl methyl sites for hydroxylation is 1. The molecular weight excluding hydrogens is 238 g/mol. The van der Waals surface area contributed by atoms with Gasteiger partial charge in [-0.05, 0) is 37.4 Å². The van der Waals surface area contributed by atoms with E-state index in [0.717, 1.165) is 37.4 Å². The number of aromatic nitrogens is 2. The van der Waals surface area contributed by atoms with Gasteiger partial charge in [-0.15, -0.1) is 0 Å². The summed E-state index contributed by atoms with van der Waals surface area (Å²) in [5, 5.41) is 4.11. The fourth-order valence-electron chi connectivity index (χ4n) is 2.72. The molecule has 1 aliphatic rings. The molecule has 4 nitrogen and oxygen atoms in total. The van der Waals surface area contributed by atoms with Crippen LogP contribution in [0.1, 0.15) is 42.8 Å². The predicted octanol–water partition coefficient (Wildman–Crippen LogP) is 2.97. The Labute approximate surface area is 113 Å². The SMILES string of the molecule is CCc1cc(C2CCCN2Cc2cccnc2)on1. The Morgan fingerprint density at radius 1 is 1.47 bits per heavy atom. The van der Waals surface area contributed by atoms with Crippen LogP contribution in [0.4, 0.5) is 0 Å². The summed E-state index contributed by atoms with van der Waals surface area (Å²) in [4.78, 5) is 6.63. The van der Waals surface area contributed by atoms with Crippen LogP contribution in [0.25, 0.3) is 0 Å². The highest BCUT2D eigenvalue weighted by atomic mass is 16.5. The van der Waals surface area contributed by atoms with Crippen molar-refractivity contribution < 1.29 is 4.52 Å². The third-order valence-corrected chi connectivity index (χ3v) is 3.74. The van der Waals surface area contributed by atoms with E-state index in [9.17, 15) is 0 Å². The largest absolute Gasteiger partial charge is 0.359 e. The van der Waals surface area contributed by atoms with Gasteiger partial charge >= 0.3 is 0 Å². The van der Waals surface area contributed by atoms with Crippen molar-refractivity contribution in [2.24, 2.45) is 0 Å². The van der Waals surface area contributed by atoms with Gasteiger partial charge < -0.3 is 4.52 Å². The van der Waals surface area contributed by atoms with Crippen molar-refractivity contribution in [1.29, 1.82) is 0 Å². The van der Waals surface area contributed by atoms with Gasteiger partial charge in [-0.2, -0.15) is 0 Å². The van der Waals surface area contributed by atoms with Gasteiger partial charge in [0.1, 0.15) is 0 Å². The fraction of sp³-hybridized carbons (Fsp3) is 0.467. The summed E-state index contributed by atoms with van der Waals surface area (Å²) in [6.07, 6.45) is 7.05. The molecule has 19 heavy (non-hydrogen) atoms. The Balaban J connectivity index is 1.74. The van der Waals surface area contributed by atoms with Crippen LogP contribution in [-0.4, -0.2) is 21.6 Å². The zero-order chi connectivity index (χ0) is 13.1. The minimum absolute atomic E-state index is 0.369. The molecule has 0 bridgehead atoms. The first-order valence-electron chi connectivity index (χ1n) is 6.95. The molecule has 100 valence electrons. The van der Waals surface area contributed by atoms with Gasteiger partial charge in [-0.25, -0.2) is 0 Å². The van der Waals surface area contributed by atoms with Crippen molar-refractivity contribution >= 4 is 0 Å². The number of rotatable bonds is 4. The maximum atomic E-state index is 5.50. The van der Waals surface area contributed by atoms with E-state index >= 15 is 0 Å². The second-order valence-corrected chi connectivity index (χ2v) is 5.06. The molecule has 1 fully saturated rings. The van der Waals surface area contributed by atoms with Crippen LogP contribution in [-0.2, 0) is 13.0 Å². The van der Waals surface area contributed by atoms with Crippen LogP contribution in [0.3, 0.4) is 0 Å². The van der Waals surface area contributed by atoms with Crippen molar-refractivity contribution in [1.82, 2.24) is 15.0 Å². The molecule has 1 unspecified atom stereocenters. The van der Waals surface area contributed by atoms with Gasteiger partial charge in [0, 0.05) is 25.0 Å². The Bertz CT molecular complexity index is 523. The lowest BCUT2D eigenvalue weighted by molar-refractivity contribution is 0.206. The third kappa shape index (κ3) is 2.68. The van der Waals surface area contributed by atoms with Gasteiger partial charge in [-0.3, -0.25) is 9.88 Å². The van der Waals surface area contributed by atoms with E-state index in [1.165, 1.54) is 12.0 Å². The van der Waals surface area contributed by atoms with Crippen molar-refractivity contribution in [2.75, 3.05) is 6.54 Å². The number of hydrogen-bond acceptors (Lipinski definition) is 4. The van der Waals surface area contributed by atoms with Crippen LogP contribution in [0.15, 0.2) is 35.1 Å². The molecule has 1 saturated heterocycles. The van der Waals surface area contributed by atoms with Gasteiger partial charge in [-0.1, -0.05) is 18.1 Å². The molecule has 2 aromatic rings. The number of hydrogen-bond donors (Lipinski definition) is 0. The van der Waals surface area contributed by atoms with Crippen molar-refractivity contribution in [3.8, 4) is 0 Å². The highest BCUT2D eigenvalue weighted by molar-refractivity contribution is 5.13. The lowest BCUT2D eigenvalue weighted by Crippen LogP contribution is -2.22. The maximum absolute atomic E-state index is 5.50. The fourth-order valence-corrected chi connectivity index (χ4v) is 2.72. The van der Waals surface area contributed by atoms with E-state index in [0.29, 0.717) is 6.04 Å². The molecule has 4 heteroatoms. The Morgan fingerprint density at radius 3 is 3.16 bits per heavy atom. The third-order valence-electron chi connectivity index (χ3n) is 3.74. The summed E-state index contributed by atoms with van der Waals surface area (Å²) < 4.78 is 5.50. The van der Waals surface area contributed by atoms with E-state index in [1.807, 2.05) is 18.5 Å². The van der Waals surface area contributed by atoms with Gasteiger partial charge in [0.2, 0.25) is 0 Å². The summed E-state index contributed by atoms with van der Waals surface area (Å²) in [5.74, 6) is 1.01. The van der Waals surface area contributed by atoms with Gasteiger partial charge in [0.15, 0.2) is 5.76 Å². The molecular formula is C15H19N3O. The molecule has 0 N–H and O–H groups in total. The summed E-state index contributed by atoms with van der Waals surface area (Å²) in [6, 6.07) is 6.59. The standard InChI is InChI=1S/C15H19N3O/c1-2-13-9-15(19-17-13)14-6-4-8-18(14)11-12-5-3-7-16-10-12/h3,5,7,9-10,14H,2,4,6,8,11H2,1H3. The molecule has 0 saturated carbocycles. The molecule has 1 aliphatic heterocycles. The number of likely N-dealkylation sites (tertiary alicyclic amines) is 1. The van der Waals surface area contributed by atoms with Crippen molar-refractivity contribution in [3.05, 3.63) is 47.6 Å². The minimum atomic E-state index is 0.369. The molecule has 2 aromatic heterocycles. The number of pyridine rings is 1. The van der Waals surface area contributed by atoms with Crippen molar-refractivity contribution in [3.63, 3.8) is 0 Å². The monoisotopic (exact) mass is 257 g/mol. The maximum Gasteiger partial charge on any atom is 0.154 e. The molecule has 0 aliphatic carbocycles. The molecule has 3 heterocycles. The lowest BCUT2D eigenvalue weighted by atomic mass is 10.1. The quantitative estimate of drug-likeness (QED) is 0.844. The summed E-state index contributed by atoms with van der Waals surface area (Å²) in [5.41, 5.74) is 2.30. The van der Waals surface area contributed by atoms with Gasteiger partial charge in [0.05, 0.1) is 11.7 Å². The molecule has 0 spiro atoms. The van der Waals surface area contributed by atoms with E-state index < -0.39 is 0 Å². The number of nitrogens with zero attached hydrogens (tertiary/aromatic N) is 3. The Kier molecular flexibility index (Phi) is 3.60. The van der Waals surface area contributed by atoms with E-state index in [-0.39, 0.29) is 0 Å². The molecule has 3 rings (SSSR count). The first kappa shape index (κ1) is 12.4. The summed E-state index contributed by atoms with van der Waals surface area (Å²) in [7, 11) is 0. The first-order valence-corrected chi connectivity index (χ1v) is 6.95. The van der Waals surface area contributed by atoms with Crippen molar-refractivity contribution in [2.45, 2.75) is 38.8 Å². The van der Waals surface area contributed by atoms with E-state index in [4.69, 9.17) is 4.52 Å². The second-order valence-electron chi connectivity index (χ2n) is 5.06. The molecule has 0 radical (unpaired) electrons. The second kappa shape index (κ2) is 5.53. The predicted molar refractivity (Wildman–Crippen MR) is 72.5 cm³/mol. The average molecular weight is 257 g/mol. The molecule has 0 aromatic carbocycles. The zero-order valence-electron chi connectivity index (χ0n) is 11.2. The smallest absolute Gasteiger partial charge is 0.154 e. The van der Waals surface area contributed by atoms with Crippen LogP contribution >= 0.6 is 0 Å². The van der Waals surface area contributed by atoms with Crippen LogP contribution in [0.5, 0.6) is 0 Å². The highest BCUT2D eigenvalue weighted by Crippen LogP contribution is 2.33. The zero-order valence-corrected chi connectivity index (χ0v) is 11.2. The summed E-state index contributed by atoms with van der Waals surface area (Å²) >= 11 is 0. The van der Waals surface area contributed by atoms with Gasteiger partial charge in [0.25, 0.3) is 0 Å². The first-order chi connectivity index (χ1) is 9.36. The topological polar surface area (TPSA) is 42.2 Å². The van der Waals surface area contributed by atoms with Crippen LogP contribution in [0.2, 0.25) is 0 Å². The Hall–Kier alpha value is -1.68. The minimum Gasteiger partial charge on any atom is -0.359 e. The normalized spacial score (nSPS) is 19.9. The molecule has 1 atom stereocenters. The lowest BCUT2D eigenvalue weighted by Gasteiger charge is -2.22. The highest BCUT2D eigenvalue weighted by Gasteiger charge is 2.29. The Morgan fingerprint density at radius 2 is 2.42 bits per heavy atom. The van der Waals surface area contributed by atoms with E-state index in [2.05, 4.69) is 34.1 Å². The summed E-state index contributed by atoms with van der Waals surface area (Å²) in [6.45, 7) is 4.14. The average Bonchev–Trinajstić information content (AvgIpc) is 3.08. The van der Waals surface area contributed by atoms with Crippen LogP contribution in [0, 0.1) is 0 Å².